The van der Waals surface area contributed by atoms with E-state index in [4.69, 9.17) is 0 Å². The van der Waals surface area contributed by atoms with Gasteiger partial charge in [-0.3, -0.25) is 4.79 Å². The Balaban J connectivity index is 0.000000671. The molecule has 1 atom stereocenters. The molecule has 1 saturated heterocycles. The fourth-order valence-corrected chi connectivity index (χ4v) is 1.58. The van der Waals surface area contributed by atoms with E-state index in [9.17, 15) is 4.79 Å². The number of nitrogens with zero attached hydrogens (tertiary/aromatic N) is 1. The standard InChI is InChI=1S/C9H17NO.C2H6/c1-4-8-5-9(11)10(6-8)7(2)3;1-2/h7-8H,4-6H2,1-3H3;1-2H3. The minimum Gasteiger partial charge on any atom is -0.340 e. The van der Waals surface area contributed by atoms with E-state index in [-0.39, 0.29) is 0 Å². The van der Waals surface area contributed by atoms with Crippen LogP contribution in [0.4, 0.5) is 0 Å². The van der Waals surface area contributed by atoms with Crippen molar-refractivity contribution in [3.63, 3.8) is 0 Å². The lowest BCUT2D eigenvalue weighted by Gasteiger charge is -2.20. The summed E-state index contributed by atoms with van der Waals surface area (Å²) in [5.41, 5.74) is 0. The number of hydrogen-bond donors (Lipinski definition) is 0. The average Bonchev–Trinajstić information content (AvgIpc) is 2.50. The van der Waals surface area contributed by atoms with Gasteiger partial charge in [0.1, 0.15) is 0 Å². The molecular weight excluding hydrogens is 162 g/mol. The van der Waals surface area contributed by atoms with Crippen molar-refractivity contribution in [1.82, 2.24) is 4.90 Å². The highest BCUT2D eigenvalue weighted by molar-refractivity contribution is 5.78. The van der Waals surface area contributed by atoms with Crippen molar-refractivity contribution in [2.45, 2.75) is 53.5 Å². The van der Waals surface area contributed by atoms with E-state index >= 15 is 0 Å². The summed E-state index contributed by atoms with van der Waals surface area (Å²) in [6.45, 7) is 11.3. The Hall–Kier alpha value is -0.530. The Morgan fingerprint density at radius 3 is 2.23 bits per heavy atom. The fraction of sp³-hybridized carbons (Fsp3) is 0.909. The molecule has 1 aliphatic heterocycles. The maximum atomic E-state index is 11.3. The summed E-state index contributed by atoms with van der Waals surface area (Å²) in [6.07, 6.45) is 1.91. The van der Waals surface area contributed by atoms with Crippen LogP contribution in [0.3, 0.4) is 0 Å². The first-order valence-electron chi connectivity index (χ1n) is 5.44. The molecule has 2 nitrogen and oxygen atoms in total. The van der Waals surface area contributed by atoms with Crippen molar-refractivity contribution < 1.29 is 4.79 Å². The second kappa shape index (κ2) is 6.01. The zero-order valence-electron chi connectivity index (χ0n) is 9.63. The van der Waals surface area contributed by atoms with Gasteiger partial charge in [0.15, 0.2) is 0 Å². The molecular formula is C11H23NO. The van der Waals surface area contributed by atoms with E-state index in [1.807, 2.05) is 18.7 Å². The summed E-state index contributed by atoms with van der Waals surface area (Å²) >= 11 is 0. The van der Waals surface area contributed by atoms with Gasteiger partial charge in [-0.15, -0.1) is 0 Å². The number of rotatable bonds is 2. The lowest BCUT2D eigenvalue weighted by Crippen LogP contribution is -2.32. The predicted octanol–water partition coefficient (Wildman–Crippen LogP) is 2.68. The first-order valence-corrected chi connectivity index (χ1v) is 5.44. The first kappa shape index (κ1) is 12.5. The highest BCUT2D eigenvalue weighted by Gasteiger charge is 2.29. The van der Waals surface area contributed by atoms with E-state index in [0.29, 0.717) is 17.9 Å². The predicted molar refractivity (Wildman–Crippen MR) is 56.6 cm³/mol. The molecule has 0 spiro atoms. The lowest BCUT2D eigenvalue weighted by atomic mass is 10.1. The van der Waals surface area contributed by atoms with Crippen LogP contribution in [0.2, 0.25) is 0 Å². The van der Waals surface area contributed by atoms with Gasteiger partial charge in [-0.1, -0.05) is 27.2 Å². The minimum atomic E-state index is 0.340. The molecule has 1 fully saturated rings. The molecule has 1 aliphatic rings. The van der Waals surface area contributed by atoms with E-state index in [2.05, 4.69) is 20.8 Å². The summed E-state index contributed by atoms with van der Waals surface area (Å²) in [7, 11) is 0. The van der Waals surface area contributed by atoms with E-state index in [0.717, 1.165) is 19.4 Å². The third-order valence-corrected chi connectivity index (χ3v) is 2.44. The zero-order valence-corrected chi connectivity index (χ0v) is 9.63. The maximum Gasteiger partial charge on any atom is 0.223 e. The molecule has 13 heavy (non-hydrogen) atoms. The molecule has 0 aliphatic carbocycles. The van der Waals surface area contributed by atoms with Gasteiger partial charge in [0.25, 0.3) is 0 Å². The Morgan fingerprint density at radius 1 is 1.46 bits per heavy atom. The van der Waals surface area contributed by atoms with Gasteiger partial charge in [-0.25, -0.2) is 0 Å². The molecule has 2 heteroatoms. The van der Waals surface area contributed by atoms with Crippen LogP contribution in [0.15, 0.2) is 0 Å². The molecule has 1 heterocycles. The number of hydrogen-bond acceptors (Lipinski definition) is 1. The van der Waals surface area contributed by atoms with Crippen LogP contribution in [-0.2, 0) is 4.79 Å². The van der Waals surface area contributed by atoms with Crippen molar-refractivity contribution >= 4 is 5.91 Å². The molecule has 78 valence electrons. The van der Waals surface area contributed by atoms with Gasteiger partial charge in [0.05, 0.1) is 0 Å². The van der Waals surface area contributed by atoms with Crippen LogP contribution in [0, 0.1) is 5.92 Å². The Kier molecular flexibility index (Phi) is 5.76. The van der Waals surface area contributed by atoms with Crippen LogP contribution in [0.25, 0.3) is 0 Å². The van der Waals surface area contributed by atoms with Crippen LogP contribution < -0.4 is 0 Å². The van der Waals surface area contributed by atoms with Crippen molar-refractivity contribution in [2.75, 3.05) is 6.54 Å². The second-order valence-electron chi connectivity index (χ2n) is 3.62. The van der Waals surface area contributed by atoms with E-state index in [1.54, 1.807) is 0 Å². The van der Waals surface area contributed by atoms with Gasteiger partial charge in [-0.05, 0) is 19.8 Å². The Bertz CT molecular complexity index is 154. The SMILES string of the molecule is CC.CCC1CC(=O)N(C(C)C)C1. The molecule has 1 unspecified atom stereocenters. The largest absolute Gasteiger partial charge is 0.340 e. The number of likely N-dealkylation sites (tertiary alicyclic amines) is 1. The monoisotopic (exact) mass is 185 g/mol. The van der Waals surface area contributed by atoms with Crippen molar-refractivity contribution in [3.8, 4) is 0 Å². The number of carbonyl (C=O) groups is 1. The summed E-state index contributed by atoms with van der Waals surface area (Å²) in [5.74, 6) is 0.955. The highest BCUT2D eigenvalue weighted by atomic mass is 16.2. The fourth-order valence-electron chi connectivity index (χ4n) is 1.58. The lowest BCUT2D eigenvalue weighted by molar-refractivity contribution is -0.129. The van der Waals surface area contributed by atoms with Gasteiger partial charge >= 0.3 is 0 Å². The molecule has 0 aromatic carbocycles. The highest BCUT2D eigenvalue weighted by Crippen LogP contribution is 2.21. The van der Waals surface area contributed by atoms with Gasteiger partial charge in [0.2, 0.25) is 5.91 Å². The molecule has 0 aromatic heterocycles. The van der Waals surface area contributed by atoms with Crippen molar-refractivity contribution in [3.05, 3.63) is 0 Å². The summed E-state index contributed by atoms with van der Waals surface area (Å²) in [5, 5.41) is 0. The van der Waals surface area contributed by atoms with E-state index < -0.39 is 0 Å². The van der Waals surface area contributed by atoms with Crippen LogP contribution >= 0.6 is 0 Å². The average molecular weight is 185 g/mol. The van der Waals surface area contributed by atoms with E-state index in [1.165, 1.54) is 0 Å². The maximum absolute atomic E-state index is 11.3. The van der Waals surface area contributed by atoms with Crippen LogP contribution in [-0.4, -0.2) is 23.4 Å². The topological polar surface area (TPSA) is 20.3 Å². The summed E-state index contributed by atoms with van der Waals surface area (Å²) < 4.78 is 0. The third-order valence-electron chi connectivity index (χ3n) is 2.44. The van der Waals surface area contributed by atoms with Crippen LogP contribution in [0.1, 0.15) is 47.5 Å². The summed E-state index contributed by atoms with van der Waals surface area (Å²) in [6, 6.07) is 0.388. The van der Waals surface area contributed by atoms with Crippen molar-refractivity contribution in [2.24, 2.45) is 5.92 Å². The molecule has 0 N–H and O–H groups in total. The first-order chi connectivity index (χ1) is 6.15. The van der Waals surface area contributed by atoms with Gasteiger partial charge in [0, 0.05) is 19.0 Å². The quantitative estimate of drug-likeness (QED) is 0.647. The Labute approximate surface area is 82.3 Å². The smallest absolute Gasteiger partial charge is 0.223 e. The normalized spacial score (nSPS) is 21.8. The van der Waals surface area contributed by atoms with Crippen molar-refractivity contribution in [1.29, 1.82) is 0 Å². The van der Waals surface area contributed by atoms with Crippen LogP contribution in [0.5, 0.6) is 0 Å². The molecule has 0 saturated carbocycles. The molecule has 0 bridgehead atoms. The van der Waals surface area contributed by atoms with Gasteiger partial charge in [-0.2, -0.15) is 0 Å². The summed E-state index contributed by atoms with van der Waals surface area (Å²) in [4.78, 5) is 13.3. The number of carbonyl (C=O) groups excluding carboxylic acids is 1. The van der Waals surface area contributed by atoms with Gasteiger partial charge < -0.3 is 4.90 Å². The molecule has 1 amide bonds. The second-order valence-corrected chi connectivity index (χ2v) is 3.62. The third kappa shape index (κ3) is 3.37. The molecule has 0 aromatic rings. The number of amides is 1. The Morgan fingerprint density at radius 2 is 2.00 bits per heavy atom. The zero-order chi connectivity index (χ0) is 10.4. The molecule has 1 rings (SSSR count). The molecule has 0 radical (unpaired) electrons. The minimum absolute atomic E-state index is 0.340.